The third-order valence-electron chi connectivity index (χ3n) is 1.81. The molecule has 0 amide bonds. The van der Waals surface area contributed by atoms with E-state index in [0.717, 1.165) is 0 Å². The smallest absolute Gasteiger partial charge is 0.249 e. The van der Waals surface area contributed by atoms with E-state index < -0.39 is 5.92 Å². The van der Waals surface area contributed by atoms with Gasteiger partial charge in [0.1, 0.15) is 0 Å². The van der Waals surface area contributed by atoms with Gasteiger partial charge in [-0.25, -0.2) is 8.78 Å². The average molecular weight is 135 g/mol. The number of halogens is 2. The van der Waals surface area contributed by atoms with Crippen molar-refractivity contribution in [2.75, 3.05) is 7.05 Å². The molecule has 0 aromatic rings. The third kappa shape index (κ3) is 1.61. The first-order valence-electron chi connectivity index (χ1n) is 3.19. The number of hydrogen-bond donors (Lipinski definition) is 1. The van der Waals surface area contributed by atoms with Crippen LogP contribution in [0.2, 0.25) is 0 Å². The maximum Gasteiger partial charge on any atom is 0.249 e. The fraction of sp³-hybridized carbons (Fsp3) is 1.00. The maximum absolute atomic E-state index is 12.3. The van der Waals surface area contributed by atoms with Gasteiger partial charge in [-0.2, -0.15) is 0 Å². The van der Waals surface area contributed by atoms with Crippen molar-refractivity contribution in [2.24, 2.45) is 0 Å². The van der Waals surface area contributed by atoms with Crippen molar-refractivity contribution in [1.29, 1.82) is 0 Å². The monoisotopic (exact) mass is 135 g/mol. The van der Waals surface area contributed by atoms with Crippen molar-refractivity contribution in [3.05, 3.63) is 0 Å². The summed E-state index contributed by atoms with van der Waals surface area (Å²) in [7, 11) is 1.73. The van der Waals surface area contributed by atoms with Crippen LogP contribution >= 0.6 is 0 Å². The van der Waals surface area contributed by atoms with E-state index in [1.165, 1.54) is 0 Å². The molecule has 54 valence electrons. The largest absolute Gasteiger partial charge is 0.317 e. The highest BCUT2D eigenvalue weighted by Gasteiger charge is 2.38. The molecular weight excluding hydrogens is 124 g/mol. The molecule has 9 heavy (non-hydrogen) atoms. The number of rotatable bonds is 1. The number of alkyl halides is 2. The molecule has 1 N–H and O–H groups in total. The molecule has 0 heterocycles. The van der Waals surface area contributed by atoms with E-state index in [0.29, 0.717) is 6.42 Å². The van der Waals surface area contributed by atoms with Crippen LogP contribution in [0, 0.1) is 0 Å². The van der Waals surface area contributed by atoms with E-state index >= 15 is 0 Å². The lowest BCUT2D eigenvalue weighted by atomic mass is 10.2. The highest BCUT2D eigenvalue weighted by molar-refractivity contribution is 4.84. The van der Waals surface area contributed by atoms with Gasteiger partial charge in [0.2, 0.25) is 5.92 Å². The maximum atomic E-state index is 12.3. The average Bonchev–Trinajstić information content (AvgIpc) is 2.10. The molecule has 3 heteroatoms. The van der Waals surface area contributed by atoms with Gasteiger partial charge in [0, 0.05) is 18.9 Å². The van der Waals surface area contributed by atoms with E-state index in [4.69, 9.17) is 0 Å². The van der Waals surface area contributed by atoms with Crippen molar-refractivity contribution in [3.63, 3.8) is 0 Å². The van der Waals surface area contributed by atoms with Gasteiger partial charge in [-0.3, -0.25) is 0 Å². The summed E-state index contributed by atoms with van der Waals surface area (Å²) in [5.74, 6) is -2.40. The highest BCUT2D eigenvalue weighted by atomic mass is 19.3. The molecule has 1 nitrogen and oxygen atoms in total. The molecule has 0 aliphatic heterocycles. The molecule has 1 fully saturated rings. The van der Waals surface area contributed by atoms with E-state index in [-0.39, 0.29) is 18.9 Å². The molecule has 0 spiro atoms. The van der Waals surface area contributed by atoms with Crippen LogP contribution in [-0.2, 0) is 0 Å². The summed E-state index contributed by atoms with van der Waals surface area (Å²) < 4.78 is 24.7. The quantitative estimate of drug-likeness (QED) is 0.573. The molecule has 1 saturated carbocycles. The Morgan fingerprint density at radius 1 is 1.56 bits per heavy atom. The van der Waals surface area contributed by atoms with Crippen molar-refractivity contribution in [2.45, 2.75) is 31.2 Å². The molecule has 0 bridgehead atoms. The van der Waals surface area contributed by atoms with Crippen molar-refractivity contribution < 1.29 is 8.78 Å². The summed E-state index contributed by atoms with van der Waals surface area (Å²) >= 11 is 0. The zero-order valence-electron chi connectivity index (χ0n) is 5.45. The van der Waals surface area contributed by atoms with E-state index in [9.17, 15) is 8.78 Å². The predicted octanol–water partition coefficient (Wildman–Crippen LogP) is 1.39. The van der Waals surface area contributed by atoms with Crippen LogP contribution in [0.5, 0.6) is 0 Å². The number of nitrogens with one attached hydrogen (secondary N) is 1. The second kappa shape index (κ2) is 2.21. The van der Waals surface area contributed by atoms with Gasteiger partial charge in [0.15, 0.2) is 0 Å². The Kier molecular flexibility index (Phi) is 1.70. The van der Waals surface area contributed by atoms with Crippen LogP contribution < -0.4 is 5.32 Å². The molecule has 1 unspecified atom stereocenters. The normalized spacial score (nSPS) is 33.0. The Balaban J connectivity index is 2.38. The molecule has 1 aliphatic rings. The first-order valence-corrected chi connectivity index (χ1v) is 3.19. The van der Waals surface area contributed by atoms with Crippen molar-refractivity contribution in [3.8, 4) is 0 Å². The minimum atomic E-state index is -2.40. The van der Waals surface area contributed by atoms with Crippen LogP contribution in [0.3, 0.4) is 0 Å². The summed E-state index contributed by atoms with van der Waals surface area (Å²) in [5.41, 5.74) is 0. The Labute approximate surface area is 53.4 Å². The van der Waals surface area contributed by atoms with Crippen LogP contribution in [0.4, 0.5) is 8.78 Å². The SMILES string of the molecule is CNC1CCC(F)(F)C1. The summed E-state index contributed by atoms with van der Waals surface area (Å²) in [5, 5.41) is 2.84. The Bertz CT molecular complexity index is 103. The van der Waals surface area contributed by atoms with E-state index in [2.05, 4.69) is 5.32 Å². The molecule has 0 radical (unpaired) electrons. The lowest BCUT2D eigenvalue weighted by molar-refractivity contribution is 0.00715. The van der Waals surface area contributed by atoms with Crippen molar-refractivity contribution in [1.82, 2.24) is 5.32 Å². The van der Waals surface area contributed by atoms with Crippen LogP contribution in [-0.4, -0.2) is 19.0 Å². The second-order valence-electron chi connectivity index (χ2n) is 2.58. The van der Waals surface area contributed by atoms with E-state index in [1.807, 2.05) is 0 Å². The predicted molar refractivity (Wildman–Crippen MR) is 31.6 cm³/mol. The summed E-state index contributed by atoms with van der Waals surface area (Å²) in [6.07, 6.45) is 0.686. The summed E-state index contributed by atoms with van der Waals surface area (Å²) in [6, 6.07) is 0.0417. The van der Waals surface area contributed by atoms with Gasteiger partial charge in [-0.15, -0.1) is 0 Å². The molecule has 1 rings (SSSR count). The van der Waals surface area contributed by atoms with Gasteiger partial charge in [-0.05, 0) is 13.5 Å². The van der Waals surface area contributed by atoms with Crippen LogP contribution in [0.25, 0.3) is 0 Å². The fourth-order valence-corrected chi connectivity index (χ4v) is 1.20. The first-order chi connectivity index (χ1) is 4.14. The number of hydrogen-bond acceptors (Lipinski definition) is 1. The molecule has 0 saturated heterocycles. The lowest BCUT2D eigenvalue weighted by Crippen LogP contribution is -2.23. The molecular formula is C6H11F2N. The molecule has 0 aromatic heterocycles. The first kappa shape index (κ1) is 6.93. The van der Waals surface area contributed by atoms with Gasteiger partial charge >= 0.3 is 0 Å². The van der Waals surface area contributed by atoms with E-state index in [1.54, 1.807) is 7.05 Å². The zero-order chi connectivity index (χ0) is 6.91. The van der Waals surface area contributed by atoms with Gasteiger partial charge in [0.05, 0.1) is 0 Å². The Morgan fingerprint density at radius 2 is 2.22 bits per heavy atom. The molecule has 1 aliphatic carbocycles. The van der Waals surface area contributed by atoms with Gasteiger partial charge < -0.3 is 5.32 Å². The summed E-state index contributed by atoms with van der Waals surface area (Å²) in [4.78, 5) is 0. The second-order valence-corrected chi connectivity index (χ2v) is 2.58. The van der Waals surface area contributed by atoms with Crippen molar-refractivity contribution >= 4 is 0 Å². The third-order valence-corrected chi connectivity index (χ3v) is 1.81. The van der Waals surface area contributed by atoms with Gasteiger partial charge in [-0.1, -0.05) is 0 Å². The molecule has 0 aromatic carbocycles. The lowest BCUT2D eigenvalue weighted by Gasteiger charge is -2.07. The topological polar surface area (TPSA) is 12.0 Å². The van der Waals surface area contributed by atoms with Crippen LogP contribution in [0.1, 0.15) is 19.3 Å². The minimum Gasteiger partial charge on any atom is -0.317 e. The molecule has 1 atom stereocenters. The Morgan fingerprint density at radius 3 is 2.44 bits per heavy atom. The van der Waals surface area contributed by atoms with Gasteiger partial charge in [0.25, 0.3) is 0 Å². The minimum absolute atomic E-state index is 0.0174. The fourth-order valence-electron chi connectivity index (χ4n) is 1.20. The standard InChI is InChI=1S/C6H11F2N/c1-9-5-2-3-6(7,8)4-5/h5,9H,2-4H2,1H3. The zero-order valence-corrected chi connectivity index (χ0v) is 5.45. The Hall–Kier alpha value is -0.180. The summed E-state index contributed by atoms with van der Waals surface area (Å²) in [6.45, 7) is 0. The highest BCUT2D eigenvalue weighted by Crippen LogP contribution is 2.34. The van der Waals surface area contributed by atoms with Crippen LogP contribution in [0.15, 0.2) is 0 Å².